The number of nitrogens with zero attached hydrogens (tertiary/aromatic N) is 2. The van der Waals surface area contributed by atoms with E-state index in [0.717, 1.165) is 34.5 Å². The molecule has 0 spiro atoms. The van der Waals surface area contributed by atoms with Crippen molar-refractivity contribution in [2.24, 2.45) is 0 Å². The zero-order valence-corrected chi connectivity index (χ0v) is 15.8. The first-order valence-electron chi connectivity index (χ1n) is 9.52. The molecule has 0 aliphatic heterocycles. The van der Waals surface area contributed by atoms with Gasteiger partial charge < -0.3 is 5.11 Å². The van der Waals surface area contributed by atoms with Gasteiger partial charge in [0.25, 0.3) is 0 Å². The van der Waals surface area contributed by atoms with Crippen LogP contribution in [-0.2, 0) is 12.8 Å². The second kappa shape index (κ2) is 7.79. The van der Waals surface area contributed by atoms with Crippen molar-refractivity contribution >= 4 is 16.8 Å². The highest BCUT2D eigenvalue weighted by molar-refractivity contribution is 6.10. The van der Waals surface area contributed by atoms with Gasteiger partial charge in [0.2, 0.25) is 0 Å². The highest BCUT2D eigenvalue weighted by atomic mass is 16.2. The van der Waals surface area contributed by atoms with E-state index in [0.29, 0.717) is 17.5 Å². The quantitative estimate of drug-likeness (QED) is 0.513. The summed E-state index contributed by atoms with van der Waals surface area (Å²) in [6, 6.07) is 23.2. The molecule has 0 amide bonds. The number of ketones is 1. The first kappa shape index (κ1) is 18.1. The van der Waals surface area contributed by atoms with Crippen LogP contribution in [0.1, 0.15) is 34.2 Å². The topological polar surface area (TPSA) is 55.1 Å². The van der Waals surface area contributed by atoms with Gasteiger partial charge in [-0.05, 0) is 42.3 Å². The van der Waals surface area contributed by atoms with E-state index in [2.05, 4.69) is 11.5 Å². The summed E-state index contributed by atoms with van der Waals surface area (Å²) in [7, 11) is 0. The maximum Gasteiger partial charge on any atom is 0.193 e. The molecule has 1 heterocycles. The number of benzene rings is 3. The summed E-state index contributed by atoms with van der Waals surface area (Å²) in [6.07, 6.45) is 1.44. The first-order valence-corrected chi connectivity index (χ1v) is 9.52. The van der Waals surface area contributed by atoms with Gasteiger partial charge in [0.15, 0.2) is 5.78 Å². The van der Waals surface area contributed by atoms with Crippen LogP contribution in [0.5, 0.6) is 0 Å². The number of imidazole rings is 1. The molecule has 0 bridgehead atoms. The average molecular weight is 370 g/mol. The number of aliphatic hydroxyl groups excluding tert-OH is 1. The third kappa shape index (κ3) is 3.35. The third-order valence-corrected chi connectivity index (χ3v) is 4.93. The Bertz CT molecular complexity index is 1110. The molecule has 0 fully saturated rings. The molecule has 4 rings (SSSR count). The van der Waals surface area contributed by atoms with Crippen molar-refractivity contribution in [1.29, 1.82) is 0 Å². The smallest absolute Gasteiger partial charge is 0.193 e. The van der Waals surface area contributed by atoms with Gasteiger partial charge in [-0.15, -0.1) is 0 Å². The monoisotopic (exact) mass is 370 g/mol. The standard InChI is InChI=1S/C24H22N2O2/c1-2-23-25-21-16-19(24(28)18-6-4-3-5-7-18)10-13-22(21)26(23)20-11-8-17(9-12-20)14-15-27/h3-13,16,27H,2,14-15H2,1H3. The maximum absolute atomic E-state index is 12.8. The van der Waals surface area contributed by atoms with Crippen LogP contribution >= 0.6 is 0 Å². The van der Waals surface area contributed by atoms with E-state index in [-0.39, 0.29) is 12.4 Å². The fourth-order valence-corrected chi connectivity index (χ4v) is 3.49. The van der Waals surface area contributed by atoms with Gasteiger partial charge in [-0.1, -0.05) is 49.4 Å². The van der Waals surface area contributed by atoms with Crippen molar-refractivity contribution in [3.8, 4) is 5.69 Å². The number of fused-ring (bicyclic) bond motifs is 1. The largest absolute Gasteiger partial charge is 0.396 e. The molecule has 0 unspecified atom stereocenters. The molecule has 4 aromatic rings. The fraction of sp³-hybridized carbons (Fsp3) is 0.167. The van der Waals surface area contributed by atoms with Gasteiger partial charge in [0.05, 0.1) is 11.0 Å². The number of carbonyl (C=O) groups excluding carboxylic acids is 1. The Balaban J connectivity index is 1.77. The molecule has 140 valence electrons. The fourth-order valence-electron chi connectivity index (χ4n) is 3.49. The summed E-state index contributed by atoms with van der Waals surface area (Å²) in [4.78, 5) is 17.5. The number of carbonyl (C=O) groups is 1. The molecular formula is C24H22N2O2. The van der Waals surface area contributed by atoms with Crippen molar-refractivity contribution in [3.63, 3.8) is 0 Å². The van der Waals surface area contributed by atoms with Crippen LogP contribution in [0.15, 0.2) is 72.8 Å². The molecule has 4 nitrogen and oxygen atoms in total. The second-order valence-corrected chi connectivity index (χ2v) is 6.76. The van der Waals surface area contributed by atoms with Gasteiger partial charge in [-0.2, -0.15) is 0 Å². The molecule has 1 aromatic heterocycles. The summed E-state index contributed by atoms with van der Waals surface area (Å²) in [5.74, 6) is 0.956. The molecular weight excluding hydrogens is 348 g/mol. The van der Waals surface area contributed by atoms with Crippen molar-refractivity contribution in [2.75, 3.05) is 6.61 Å². The lowest BCUT2D eigenvalue weighted by Gasteiger charge is -2.09. The minimum absolute atomic E-state index is 0.00320. The molecule has 0 radical (unpaired) electrons. The van der Waals surface area contributed by atoms with E-state index in [1.54, 1.807) is 0 Å². The summed E-state index contributed by atoms with van der Waals surface area (Å²) < 4.78 is 2.13. The normalized spacial score (nSPS) is 11.1. The van der Waals surface area contributed by atoms with Gasteiger partial charge in [0.1, 0.15) is 5.82 Å². The molecule has 28 heavy (non-hydrogen) atoms. The van der Waals surface area contributed by atoms with E-state index in [1.807, 2.05) is 72.8 Å². The Kier molecular flexibility index (Phi) is 5.04. The molecule has 0 atom stereocenters. The van der Waals surface area contributed by atoms with E-state index in [9.17, 15) is 4.79 Å². The number of aliphatic hydroxyl groups is 1. The Morgan fingerprint density at radius 2 is 1.71 bits per heavy atom. The summed E-state index contributed by atoms with van der Waals surface area (Å²) in [5, 5.41) is 9.11. The minimum atomic E-state index is 0.00320. The van der Waals surface area contributed by atoms with Crippen LogP contribution in [0.2, 0.25) is 0 Å². The first-order chi connectivity index (χ1) is 13.7. The average Bonchev–Trinajstić information content (AvgIpc) is 3.12. The number of aryl methyl sites for hydroxylation is 1. The number of hydrogen-bond donors (Lipinski definition) is 1. The molecule has 1 N–H and O–H groups in total. The highest BCUT2D eigenvalue weighted by Crippen LogP contribution is 2.24. The van der Waals surface area contributed by atoms with Crippen molar-refractivity contribution < 1.29 is 9.90 Å². The zero-order chi connectivity index (χ0) is 19.5. The van der Waals surface area contributed by atoms with Gasteiger partial charge in [0, 0.05) is 29.8 Å². The summed E-state index contributed by atoms with van der Waals surface area (Å²) in [6.45, 7) is 2.22. The zero-order valence-electron chi connectivity index (χ0n) is 15.8. The molecule has 0 saturated carbocycles. The molecule has 0 saturated heterocycles. The minimum Gasteiger partial charge on any atom is -0.396 e. The lowest BCUT2D eigenvalue weighted by molar-refractivity contribution is 0.103. The summed E-state index contributed by atoms with van der Waals surface area (Å²) >= 11 is 0. The molecule has 0 aliphatic carbocycles. The van der Waals surface area contributed by atoms with Crippen LogP contribution in [0.3, 0.4) is 0 Å². The van der Waals surface area contributed by atoms with Crippen molar-refractivity contribution in [2.45, 2.75) is 19.8 Å². The van der Waals surface area contributed by atoms with Crippen LogP contribution < -0.4 is 0 Å². The lowest BCUT2D eigenvalue weighted by Crippen LogP contribution is -2.02. The van der Waals surface area contributed by atoms with Crippen LogP contribution in [0.25, 0.3) is 16.7 Å². The van der Waals surface area contributed by atoms with E-state index in [4.69, 9.17) is 10.1 Å². The number of aromatic nitrogens is 2. The number of rotatable bonds is 6. The number of hydrogen-bond acceptors (Lipinski definition) is 3. The van der Waals surface area contributed by atoms with Crippen LogP contribution in [-0.4, -0.2) is 27.0 Å². The Hall–Kier alpha value is -3.24. The Morgan fingerprint density at radius 3 is 2.39 bits per heavy atom. The van der Waals surface area contributed by atoms with E-state index < -0.39 is 0 Å². The second-order valence-electron chi connectivity index (χ2n) is 6.76. The van der Waals surface area contributed by atoms with E-state index >= 15 is 0 Å². The SMILES string of the molecule is CCc1nc2cc(C(=O)c3ccccc3)ccc2n1-c1ccc(CCO)cc1. The van der Waals surface area contributed by atoms with Crippen molar-refractivity contribution in [1.82, 2.24) is 9.55 Å². The van der Waals surface area contributed by atoms with Gasteiger partial charge in [-0.25, -0.2) is 4.98 Å². The van der Waals surface area contributed by atoms with Gasteiger partial charge in [-0.3, -0.25) is 9.36 Å². The van der Waals surface area contributed by atoms with E-state index in [1.165, 1.54) is 0 Å². The Labute approximate surface area is 164 Å². The Morgan fingerprint density at radius 1 is 0.964 bits per heavy atom. The highest BCUT2D eigenvalue weighted by Gasteiger charge is 2.15. The molecule has 3 aromatic carbocycles. The predicted molar refractivity (Wildman–Crippen MR) is 111 cm³/mol. The molecule has 4 heteroatoms. The van der Waals surface area contributed by atoms with Crippen LogP contribution in [0.4, 0.5) is 0 Å². The third-order valence-electron chi connectivity index (χ3n) is 4.93. The molecule has 0 aliphatic rings. The van der Waals surface area contributed by atoms with Crippen molar-refractivity contribution in [3.05, 3.63) is 95.3 Å². The van der Waals surface area contributed by atoms with Gasteiger partial charge >= 0.3 is 0 Å². The summed E-state index contributed by atoms with van der Waals surface area (Å²) in [5.41, 5.74) is 5.25. The predicted octanol–water partition coefficient (Wildman–Crippen LogP) is 4.35. The van der Waals surface area contributed by atoms with Crippen LogP contribution in [0, 0.1) is 0 Å². The lowest BCUT2D eigenvalue weighted by atomic mass is 10.0. The maximum atomic E-state index is 12.8.